The van der Waals surface area contributed by atoms with E-state index in [1.807, 2.05) is 0 Å². The molecule has 16 heavy (non-hydrogen) atoms. The predicted molar refractivity (Wildman–Crippen MR) is 66.3 cm³/mol. The van der Waals surface area contributed by atoms with E-state index >= 15 is 0 Å². The smallest absolute Gasteiger partial charge is 0.0280 e. The van der Waals surface area contributed by atoms with Gasteiger partial charge in [-0.25, -0.2) is 0 Å². The summed E-state index contributed by atoms with van der Waals surface area (Å²) in [4.78, 5) is 2.66. The fourth-order valence-corrected chi connectivity index (χ4v) is 2.98. The summed E-state index contributed by atoms with van der Waals surface area (Å²) >= 11 is 0. The van der Waals surface area contributed by atoms with E-state index in [2.05, 4.69) is 17.1 Å². The van der Waals surface area contributed by atoms with E-state index in [9.17, 15) is 0 Å². The molecule has 3 rings (SSSR count). The van der Waals surface area contributed by atoms with Crippen molar-refractivity contribution in [3.8, 4) is 0 Å². The summed E-state index contributed by atoms with van der Waals surface area (Å²) in [5.41, 5.74) is 6.37. The normalized spacial score (nSPS) is 35.2. The van der Waals surface area contributed by atoms with Crippen LogP contribution in [0.4, 0.5) is 0 Å². The fourth-order valence-electron chi connectivity index (χ4n) is 2.98. The summed E-state index contributed by atoms with van der Waals surface area (Å²) in [5, 5.41) is 3.69. The molecular formula is C13H25N3. The van der Waals surface area contributed by atoms with Crippen LogP contribution in [0, 0.1) is 5.92 Å². The second kappa shape index (κ2) is 3.97. The van der Waals surface area contributed by atoms with Crippen LogP contribution in [-0.4, -0.2) is 42.2 Å². The zero-order valence-corrected chi connectivity index (χ0v) is 10.4. The van der Waals surface area contributed by atoms with Crippen molar-refractivity contribution in [2.75, 3.05) is 19.6 Å². The van der Waals surface area contributed by atoms with Crippen molar-refractivity contribution < 1.29 is 0 Å². The number of hydrogen-bond donors (Lipinski definition) is 2. The van der Waals surface area contributed by atoms with E-state index in [0.29, 0.717) is 6.04 Å². The van der Waals surface area contributed by atoms with Gasteiger partial charge in [-0.2, -0.15) is 0 Å². The molecule has 92 valence electrons. The maximum absolute atomic E-state index is 6.33. The van der Waals surface area contributed by atoms with Crippen LogP contribution >= 0.6 is 0 Å². The van der Waals surface area contributed by atoms with E-state index in [0.717, 1.165) is 18.5 Å². The van der Waals surface area contributed by atoms with Gasteiger partial charge in [0.05, 0.1) is 0 Å². The SMILES string of the molecule is CC(N)(CNC1CCN(C2CC2)C1)C1CC1. The molecule has 2 saturated carbocycles. The molecule has 3 fully saturated rings. The molecule has 0 bridgehead atoms. The summed E-state index contributed by atoms with van der Waals surface area (Å²) in [6, 6.07) is 1.63. The van der Waals surface area contributed by atoms with Gasteiger partial charge in [-0.3, -0.25) is 4.90 Å². The highest BCUT2D eigenvalue weighted by Crippen LogP contribution is 2.37. The second-order valence-electron chi connectivity index (χ2n) is 6.37. The van der Waals surface area contributed by atoms with Crippen LogP contribution in [0.5, 0.6) is 0 Å². The number of likely N-dealkylation sites (tertiary alicyclic amines) is 1. The first-order chi connectivity index (χ1) is 7.65. The average molecular weight is 223 g/mol. The molecule has 1 aliphatic heterocycles. The molecule has 2 unspecified atom stereocenters. The van der Waals surface area contributed by atoms with Crippen LogP contribution < -0.4 is 11.1 Å². The summed E-state index contributed by atoms with van der Waals surface area (Å²) < 4.78 is 0. The summed E-state index contributed by atoms with van der Waals surface area (Å²) in [7, 11) is 0. The Bertz CT molecular complexity index is 256. The summed E-state index contributed by atoms with van der Waals surface area (Å²) in [6.45, 7) is 5.77. The van der Waals surface area contributed by atoms with Crippen LogP contribution in [0.2, 0.25) is 0 Å². The van der Waals surface area contributed by atoms with E-state index in [1.165, 1.54) is 45.2 Å². The minimum Gasteiger partial charge on any atom is -0.324 e. The van der Waals surface area contributed by atoms with Gasteiger partial charge in [-0.1, -0.05) is 0 Å². The second-order valence-corrected chi connectivity index (χ2v) is 6.37. The van der Waals surface area contributed by atoms with Gasteiger partial charge >= 0.3 is 0 Å². The molecule has 3 nitrogen and oxygen atoms in total. The van der Waals surface area contributed by atoms with Gasteiger partial charge in [0.1, 0.15) is 0 Å². The number of nitrogens with zero attached hydrogens (tertiary/aromatic N) is 1. The molecule has 2 atom stereocenters. The van der Waals surface area contributed by atoms with Crippen molar-refractivity contribution in [3.05, 3.63) is 0 Å². The third-order valence-corrected chi connectivity index (χ3v) is 4.56. The van der Waals surface area contributed by atoms with Gasteiger partial charge in [-0.05, 0) is 44.9 Å². The topological polar surface area (TPSA) is 41.3 Å². The third-order valence-electron chi connectivity index (χ3n) is 4.56. The molecule has 0 aromatic carbocycles. The first kappa shape index (κ1) is 11.0. The Morgan fingerprint density at radius 2 is 2.00 bits per heavy atom. The number of rotatable bonds is 5. The monoisotopic (exact) mass is 223 g/mol. The van der Waals surface area contributed by atoms with Gasteiger partial charge in [0.25, 0.3) is 0 Å². The summed E-state index contributed by atoms with van der Waals surface area (Å²) in [5.74, 6) is 0.779. The van der Waals surface area contributed by atoms with Crippen LogP contribution in [0.1, 0.15) is 39.0 Å². The van der Waals surface area contributed by atoms with Gasteiger partial charge in [0.2, 0.25) is 0 Å². The summed E-state index contributed by atoms with van der Waals surface area (Å²) in [6.07, 6.45) is 6.87. The van der Waals surface area contributed by atoms with E-state index in [4.69, 9.17) is 5.73 Å². The molecule has 2 aliphatic carbocycles. The van der Waals surface area contributed by atoms with Crippen molar-refractivity contribution in [2.45, 2.75) is 56.7 Å². The van der Waals surface area contributed by atoms with Gasteiger partial charge in [0.15, 0.2) is 0 Å². The lowest BCUT2D eigenvalue weighted by Gasteiger charge is -2.27. The largest absolute Gasteiger partial charge is 0.324 e. The molecule has 0 spiro atoms. The minimum atomic E-state index is 0.0347. The Hall–Kier alpha value is -0.120. The molecule has 1 heterocycles. The third kappa shape index (κ3) is 2.41. The lowest BCUT2D eigenvalue weighted by molar-refractivity contribution is 0.307. The van der Waals surface area contributed by atoms with E-state index in [1.54, 1.807) is 0 Å². The quantitative estimate of drug-likeness (QED) is 0.729. The molecule has 0 aromatic heterocycles. The highest BCUT2D eigenvalue weighted by atomic mass is 15.2. The lowest BCUT2D eigenvalue weighted by Crippen LogP contribution is -2.51. The predicted octanol–water partition coefficient (Wildman–Crippen LogP) is 0.940. The van der Waals surface area contributed by atoms with Crippen molar-refractivity contribution in [2.24, 2.45) is 11.7 Å². The van der Waals surface area contributed by atoms with Crippen LogP contribution in [0.25, 0.3) is 0 Å². The maximum atomic E-state index is 6.33. The van der Waals surface area contributed by atoms with Crippen molar-refractivity contribution in [3.63, 3.8) is 0 Å². The molecule has 0 radical (unpaired) electrons. The van der Waals surface area contributed by atoms with E-state index < -0.39 is 0 Å². The van der Waals surface area contributed by atoms with E-state index in [-0.39, 0.29) is 5.54 Å². The van der Waals surface area contributed by atoms with Crippen molar-refractivity contribution in [1.82, 2.24) is 10.2 Å². The van der Waals surface area contributed by atoms with Gasteiger partial charge in [0, 0.05) is 37.3 Å². The van der Waals surface area contributed by atoms with Gasteiger partial charge in [-0.15, -0.1) is 0 Å². The molecule has 3 aliphatic rings. The Morgan fingerprint density at radius 1 is 1.25 bits per heavy atom. The molecule has 0 aromatic rings. The highest BCUT2D eigenvalue weighted by molar-refractivity contribution is 4.98. The lowest BCUT2D eigenvalue weighted by atomic mass is 9.97. The van der Waals surface area contributed by atoms with Crippen LogP contribution in [-0.2, 0) is 0 Å². The molecule has 3 heteroatoms. The molecule has 3 N–H and O–H groups in total. The van der Waals surface area contributed by atoms with Crippen LogP contribution in [0.3, 0.4) is 0 Å². The Kier molecular flexibility index (Phi) is 2.73. The molecule has 1 saturated heterocycles. The molecule has 0 amide bonds. The highest BCUT2D eigenvalue weighted by Gasteiger charge is 2.39. The standard InChI is InChI=1S/C13H25N3/c1-13(14,10-2-3-10)9-15-11-6-7-16(8-11)12-4-5-12/h10-12,15H,2-9,14H2,1H3. The Morgan fingerprint density at radius 3 is 2.62 bits per heavy atom. The number of nitrogens with two attached hydrogens (primary N) is 1. The first-order valence-corrected chi connectivity index (χ1v) is 6.91. The first-order valence-electron chi connectivity index (χ1n) is 6.91. The zero-order chi connectivity index (χ0) is 11.2. The van der Waals surface area contributed by atoms with Gasteiger partial charge < -0.3 is 11.1 Å². The van der Waals surface area contributed by atoms with Crippen molar-refractivity contribution >= 4 is 0 Å². The minimum absolute atomic E-state index is 0.0347. The molecular weight excluding hydrogens is 198 g/mol. The van der Waals surface area contributed by atoms with Crippen LogP contribution in [0.15, 0.2) is 0 Å². The zero-order valence-electron chi connectivity index (χ0n) is 10.4. The Balaban J connectivity index is 1.41. The number of hydrogen-bond acceptors (Lipinski definition) is 3. The van der Waals surface area contributed by atoms with Crippen molar-refractivity contribution in [1.29, 1.82) is 0 Å². The maximum Gasteiger partial charge on any atom is 0.0280 e. The number of nitrogens with one attached hydrogen (secondary N) is 1. The Labute approximate surface area is 98.8 Å². The fraction of sp³-hybridized carbons (Fsp3) is 1.00. The average Bonchev–Trinajstić information content (AvgIpc) is 3.12.